The number of carbonyl (C=O) groups is 1. The summed E-state index contributed by atoms with van der Waals surface area (Å²) in [7, 11) is 0. The van der Waals surface area contributed by atoms with Crippen LogP contribution in [0.5, 0.6) is 0 Å². The molecular weight excluding hydrogens is 407 g/mol. The highest BCUT2D eigenvalue weighted by molar-refractivity contribution is 5.79. The van der Waals surface area contributed by atoms with Crippen LogP contribution in [-0.2, 0) is 15.7 Å². The Kier molecular flexibility index (Phi) is 6.77. The molecule has 8 heteroatoms. The van der Waals surface area contributed by atoms with Crippen molar-refractivity contribution in [1.82, 2.24) is 10.2 Å². The maximum Gasteiger partial charge on any atom is 0.416 e. The summed E-state index contributed by atoms with van der Waals surface area (Å²) in [5.41, 5.74) is -0.0653. The standard InChI is InChI=1S/C23H32F3N3O2/c1-16-15-31-12-7-21(16)27-19-6-5-17(13-19)22(30)29-10-8-28(9-11-29)20-4-2-3-18(14-20)23(24,25)26/h2-4,14,16-17,19,21,27H,5-13,15H2,1H3. The molecule has 0 aromatic heterocycles. The van der Waals surface area contributed by atoms with Crippen LogP contribution in [0, 0.1) is 11.8 Å². The van der Waals surface area contributed by atoms with Crippen LogP contribution >= 0.6 is 0 Å². The third-order valence-corrected chi connectivity index (χ3v) is 7.00. The number of nitrogens with one attached hydrogen (secondary N) is 1. The summed E-state index contributed by atoms with van der Waals surface area (Å²) in [5, 5.41) is 3.75. The predicted octanol–water partition coefficient (Wildman–Crippen LogP) is 3.54. The first-order valence-electron chi connectivity index (χ1n) is 11.4. The Hall–Kier alpha value is -1.80. The van der Waals surface area contributed by atoms with Gasteiger partial charge in [0, 0.05) is 56.5 Å². The molecule has 1 aliphatic carbocycles. The molecule has 0 radical (unpaired) electrons. The van der Waals surface area contributed by atoms with Gasteiger partial charge in [-0.05, 0) is 49.8 Å². The largest absolute Gasteiger partial charge is 0.416 e. The van der Waals surface area contributed by atoms with Gasteiger partial charge in [0.1, 0.15) is 0 Å². The summed E-state index contributed by atoms with van der Waals surface area (Å²) >= 11 is 0. The molecule has 4 unspecified atom stereocenters. The number of benzene rings is 1. The third-order valence-electron chi connectivity index (χ3n) is 7.00. The van der Waals surface area contributed by atoms with Gasteiger partial charge in [-0.1, -0.05) is 13.0 Å². The van der Waals surface area contributed by atoms with E-state index in [1.807, 2.05) is 9.80 Å². The Morgan fingerprint density at radius 3 is 2.61 bits per heavy atom. The van der Waals surface area contributed by atoms with Crippen LogP contribution in [0.3, 0.4) is 0 Å². The van der Waals surface area contributed by atoms with Crippen molar-refractivity contribution < 1.29 is 22.7 Å². The Balaban J connectivity index is 1.27. The highest BCUT2D eigenvalue weighted by Crippen LogP contribution is 2.33. The molecule has 0 spiro atoms. The highest BCUT2D eigenvalue weighted by Gasteiger charge is 2.36. The van der Waals surface area contributed by atoms with Gasteiger partial charge in [0.2, 0.25) is 5.91 Å². The molecule has 2 aliphatic heterocycles. The van der Waals surface area contributed by atoms with Crippen molar-refractivity contribution in [3.05, 3.63) is 29.8 Å². The van der Waals surface area contributed by atoms with E-state index in [2.05, 4.69) is 12.2 Å². The van der Waals surface area contributed by atoms with E-state index < -0.39 is 11.7 Å². The van der Waals surface area contributed by atoms with Crippen LogP contribution in [0.15, 0.2) is 24.3 Å². The van der Waals surface area contributed by atoms with Crippen molar-refractivity contribution >= 4 is 11.6 Å². The first-order chi connectivity index (χ1) is 14.8. The lowest BCUT2D eigenvalue weighted by Gasteiger charge is -2.37. The van der Waals surface area contributed by atoms with Crippen molar-refractivity contribution in [1.29, 1.82) is 0 Å². The first kappa shape index (κ1) is 22.4. The number of amides is 1. The minimum atomic E-state index is -4.34. The summed E-state index contributed by atoms with van der Waals surface area (Å²) in [6.45, 7) is 6.03. The smallest absolute Gasteiger partial charge is 0.381 e. The van der Waals surface area contributed by atoms with Gasteiger partial charge in [-0.2, -0.15) is 13.2 Å². The number of hydrogen-bond donors (Lipinski definition) is 1. The number of ether oxygens (including phenoxy) is 1. The van der Waals surface area contributed by atoms with Crippen molar-refractivity contribution in [2.24, 2.45) is 11.8 Å². The molecule has 0 bridgehead atoms. The summed E-state index contributed by atoms with van der Waals surface area (Å²) in [5.74, 6) is 0.744. The molecule has 1 aromatic rings. The van der Waals surface area contributed by atoms with Gasteiger partial charge in [-0.3, -0.25) is 4.79 Å². The van der Waals surface area contributed by atoms with Crippen molar-refractivity contribution in [2.45, 2.75) is 50.9 Å². The molecular formula is C23H32F3N3O2. The molecule has 2 saturated heterocycles. The Labute approximate surface area is 181 Å². The second-order valence-electron chi connectivity index (χ2n) is 9.18. The van der Waals surface area contributed by atoms with Gasteiger partial charge < -0.3 is 19.9 Å². The first-order valence-corrected chi connectivity index (χ1v) is 11.4. The quantitative estimate of drug-likeness (QED) is 0.780. The lowest BCUT2D eigenvalue weighted by molar-refractivity contribution is -0.137. The number of anilines is 1. The van der Waals surface area contributed by atoms with Crippen LogP contribution in [-0.4, -0.2) is 62.3 Å². The zero-order valence-electron chi connectivity index (χ0n) is 18.0. The summed E-state index contributed by atoms with van der Waals surface area (Å²) in [4.78, 5) is 16.9. The molecule has 1 amide bonds. The predicted molar refractivity (Wildman–Crippen MR) is 113 cm³/mol. The molecule has 2 heterocycles. The molecule has 172 valence electrons. The number of alkyl halides is 3. The topological polar surface area (TPSA) is 44.8 Å². The van der Waals surface area contributed by atoms with Gasteiger partial charge >= 0.3 is 6.18 Å². The van der Waals surface area contributed by atoms with E-state index in [1.54, 1.807) is 6.07 Å². The number of piperazine rings is 1. The molecule has 4 rings (SSSR count). The fraction of sp³-hybridized carbons (Fsp3) is 0.696. The molecule has 3 fully saturated rings. The van der Waals surface area contributed by atoms with Crippen LogP contribution in [0.4, 0.5) is 18.9 Å². The van der Waals surface area contributed by atoms with Crippen molar-refractivity contribution in [3.63, 3.8) is 0 Å². The summed E-state index contributed by atoms with van der Waals surface area (Å²) < 4.78 is 44.5. The minimum absolute atomic E-state index is 0.0488. The lowest BCUT2D eigenvalue weighted by atomic mass is 9.96. The number of rotatable bonds is 4. The monoisotopic (exact) mass is 439 g/mol. The Bertz CT molecular complexity index is 765. The number of hydrogen-bond acceptors (Lipinski definition) is 4. The maximum atomic E-state index is 13.0. The second kappa shape index (κ2) is 9.36. The maximum absolute atomic E-state index is 13.0. The number of carbonyl (C=O) groups excluding carboxylic acids is 1. The molecule has 3 aliphatic rings. The van der Waals surface area contributed by atoms with Crippen molar-refractivity contribution in [3.8, 4) is 0 Å². The van der Waals surface area contributed by atoms with E-state index in [4.69, 9.17) is 4.74 Å². The van der Waals surface area contributed by atoms with E-state index >= 15 is 0 Å². The third kappa shape index (κ3) is 5.34. The van der Waals surface area contributed by atoms with Gasteiger partial charge in [-0.25, -0.2) is 0 Å². The average molecular weight is 440 g/mol. The molecule has 31 heavy (non-hydrogen) atoms. The van der Waals surface area contributed by atoms with Gasteiger partial charge in [0.25, 0.3) is 0 Å². The zero-order chi connectivity index (χ0) is 22.0. The van der Waals surface area contributed by atoms with Gasteiger partial charge in [0.15, 0.2) is 0 Å². The van der Waals surface area contributed by atoms with Crippen LogP contribution in [0.1, 0.15) is 38.2 Å². The lowest BCUT2D eigenvalue weighted by Crippen LogP contribution is -2.50. The summed E-state index contributed by atoms with van der Waals surface area (Å²) in [6, 6.07) is 6.28. The number of halogens is 3. The molecule has 5 nitrogen and oxygen atoms in total. The zero-order valence-corrected chi connectivity index (χ0v) is 18.0. The van der Waals surface area contributed by atoms with Gasteiger partial charge in [-0.15, -0.1) is 0 Å². The van der Waals surface area contributed by atoms with E-state index in [0.29, 0.717) is 49.9 Å². The van der Waals surface area contributed by atoms with E-state index in [1.165, 1.54) is 12.1 Å². The fourth-order valence-corrected chi connectivity index (χ4v) is 5.11. The molecule has 1 N–H and O–H groups in total. The molecule has 1 aromatic carbocycles. The highest BCUT2D eigenvalue weighted by atomic mass is 19.4. The molecule has 4 atom stereocenters. The normalized spacial score (nSPS) is 29.9. The second-order valence-corrected chi connectivity index (χ2v) is 9.18. The van der Waals surface area contributed by atoms with Crippen LogP contribution in [0.2, 0.25) is 0 Å². The molecule has 1 saturated carbocycles. The van der Waals surface area contributed by atoms with E-state index in [9.17, 15) is 18.0 Å². The Morgan fingerprint density at radius 1 is 1.13 bits per heavy atom. The summed E-state index contributed by atoms with van der Waals surface area (Å²) in [6.07, 6.45) is -0.527. The van der Waals surface area contributed by atoms with E-state index in [0.717, 1.165) is 45.0 Å². The van der Waals surface area contributed by atoms with Crippen LogP contribution < -0.4 is 10.2 Å². The SMILES string of the molecule is CC1COCCC1NC1CCC(C(=O)N2CCN(c3cccc(C(F)(F)F)c3)CC2)C1. The fourth-order valence-electron chi connectivity index (χ4n) is 5.11. The minimum Gasteiger partial charge on any atom is -0.381 e. The van der Waals surface area contributed by atoms with Gasteiger partial charge in [0.05, 0.1) is 12.2 Å². The Morgan fingerprint density at radius 2 is 1.90 bits per heavy atom. The number of nitrogens with zero attached hydrogens (tertiary/aromatic N) is 2. The van der Waals surface area contributed by atoms with Crippen molar-refractivity contribution in [2.75, 3.05) is 44.3 Å². The van der Waals surface area contributed by atoms with Crippen LogP contribution in [0.25, 0.3) is 0 Å². The van der Waals surface area contributed by atoms with E-state index in [-0.39, 0.29) is 11.8 Å². The average Bonchev–Trinajstić information content (AvgIpc) is 3.23.